The quantitative estimate of drug-likeness (QED) is 0.573. The predicted molar refractivity (Wildman–Crippen MR) is 113 cm³/mol. The van der Waals surface area contributed by atoms with Crippen molar-refractivity contribution < 1.29 is 19.1 Å². The molecule has 1 N–H and O–H groups in total. The van der Waals surface area contributed by atoms with Crippen LogP contribution in [-0.4, -0.2) is 34.8 Å². The monoisotopic (exact) mass is 449 g/mol. The molecule has 0 saturated carbocycles. The molecule has 0 unspecified atom stereocenters. The third kappa shape index (κ3) is 5.28. The van der Waals surface area contributed by atoms with Crippen LogP contribution in [0.5, 0.6) is 0 Å². The SMILES string of the molecule is CCOC(=O)COC(=O)Nc1ccc2ncn(Cc3ccc(Cl)c(Cl)c3)c(=O)c2c1. The number of halogens is 2. The molecule has 0 aliphatic carbocycles. The summed E-state index contributed by atoms with van der Waals surface area (Å²) < 4.78 is 10.9. The average molecular weight is 450 g/mol. The summed E-state index contributed by atoms with van der Waals surface area (Å²) in [6, 6.07) is 9.76. The molecule has 0 radical (unpaired) electrons. The number of nitrogens with zero attached hydrogens (tertiary/aromatic N) is 2. The summed E-state index contributed by atoms with van der Waals surface area (Å²) in [5.41, 5.74) is 1.28. The van der Waals surface area contributed by atoms with Crippen molar-refractivity contribution in [3.8, 4) is 0 Å². The molecule has 0 fully saturated rings. The summed E-state index contributed by atoms with van der Waals surface area (Å²) in [5, 5.41) is 3.59. The molecule has 0 spiro atoms. The van der Waals surface area contributed by atoms with E-state index in [9.17, 15) is 14.4 Å². The van der Waals surface area contributed by atoms with Gasteiger partial charge in [-0.05, 0) is 42.8 Å². The maximum atomic E-state index is 12.9. The van der Waals surface area contributed by atoms with Gasteiger partial charge in [-0.15, -0.1) is 0 Å². The molecular weight excluding hydrogens is 433 g/mol. The van der Waals surface area contributed by atoms with Crippen LogP contribution in [0.1, 0.15) is 12.5 Å². The van der Waals surface area contributed by atoms with E-state index in [0.717, 1.165) is 5.56 Å². The highest BCUT2D eigenvalue weighted by atomic mass is 35.5. The molecule has 3 rings (SSSR count). The maximum Gasteiger partial charge on any atom is 0.412 e. The van der Waals surface area contributed by atoms with Crippen molar-refractivity contribution in [1.29, 1.82) is 0 Å². The lowest BCUT2D eigenvalue weighted by atomic mass is 10.2. The molecule has 10 heteroatoms. The first-order valence-corrected chi connectivity index (χ1v) is 9.65. The van der Waals surface area contributed by atoms with Crippen LogP contribution in [0, 0.1) is 0 Å². The molecule has 1 aromatic heterocycles. The van der Waals surface area contributed by atoms with Gasteiger partial charge in [0.2, 0.25) is 0 Å². The molecule has 0 bridgehead atoms. The van der Waals surface area contributed by atoms with Crippen LogP contribution in [0.25, 0.3) is 10.9 Å². The second kappa shape index (κ2) is 9.60. The number of benzene rings is 2. The van der Waals surface area contributed by atoms with Crippen molar-refractivity contribution in [3.05, 3.63) is 68.7 Å². The van der Waals surface area contributed by atoms with Crippen molar-refractivity contribution in [2.24, 2.45) is 0 Å². The Morgan fingerprint density at radius 2 is 1.90 bits per heavy atom. The van der Waals surface area contributed by atoms with Crippen LogP contribution in [0.15, 0.2) is 47.5 Å². The van der Waals surface area contributed by atoms with E-state index in [2.05, 4.69) is 15.0 Å². The molecule has 0 saturated heterocycles. The topological polar surface area (TPSA) is 99.5 Å². The van der Waals surface area contributed by atoms with Gasteiger partial charge in [0.05, 0.1) is 40.4 Å². The third-order valence-electron chi connectivity index (χ3n) is 4.03. The van der Waals surface area contributed by atoms with Gasteiger partial charge in [-0.2, -0.15) is 0 Å². The van der Waals surface area contributed by atoms with Gasteiger partial charge in [-0.1, -0.05) is 29.3 Å². The number of ether oxygens (including phenoxy) is 2. The van der Waals surface area contributed by atoms with Gasteiger partial charge in [-0.3, -0.25) is 14.7 Å². The summed E-state index contributed by atoms with van der Waals surface area (Å²) in [6.07, 6.45) is 0.593. The van der Waals surface area contributed by atoms with Gasteiger partial charge in [0.25, 0.3) is 5.56 Å². The number of esters is 1. The number of aromatic nitrogens is 2. The standard InChI is InChI=1S/C20H17Cl2N3O5/c1-2-29-18(26)10-30-20(28)24-13-4-6-17-14(8-13)19(27)25(11-23-17)9-12-3-5-15(21)16(22)7-12/h3-8,11H,2,9-10H2,1H3,(H,24,28). The molecular formula is C20H17Cl2N3O5. The van der Waals surface area contributed by atoms with E-state index in [1.165, 1.54) is 17.0 Å². The Balaban J connectivity index is 1.78. The summed E-state index contributed by atoms with van der Waals surface area (Å²) in [5.74, 6) is -0.652. The zero-order chi connectivity index (χ0) is 21.7. The summed E-state index contributed by atoms with van der Waals surface area (Å²) in [7, 11) is 0. The number of amides is 1. The van der Waals surface area contributed by atoms with Crippen LogP contribution in [0.2, 0.25) is 10.0 Å². The lowest BCUT2D eigenvalue weighted by Gasteiger charge is -2.10. The van der Waals surface area contributed by atoms with Crippen LogP contribution in [-0.2, 0) is 20.8 Å². The normalized spacial score (nSPS) is 10.6. The second-order valence-electron chi connectivity index (χ2n) is 6.16. The predicted octanol–water partition coefficient (Wildman–Crippen LogP) is 3.86. The summed E-state index contributed by atoms with van der Waals surface area (Å²) in [6.45, 7) is 1.58. The van der Waals surface area contributed by atoms with Gasteiger partial charge < -0.3 is 9.47 Å². The Bertz CT molecular complexity index is 1160. The molecule has 3 aromatic rings. The number of hydrogen-bond donors (Lipinski definition) is 1. The van der Waals surface area contributed by atoms with Crippen molar-refractivity contribution in [3.63, 3.8) is 0 Å². The molecule has 156 valence electrons. The first kappa shape index (κ1) is 21.6. The van der Waals surface area contributed by atoms with Gasteiger partial charge in [0.1, 0.15) is 0 Å². The number of anilines is 1. The number of rotatable bonds is 6. The second-order valence-corrected chi connectivity index (χ2v) is 6.98. The number of fused-ring (bicyclic) bond motifs is 1. The smallest absolute Gasteiger partial charge is 0.412 e. The average Bonchev–Trinajstić information content (AvgIpc) is 2.72. The van der Waals surface area contributed by atoms with E-state index in [-0.39, 0.29) is 18.7 Å². The first-order chi connectivity index (χ1) is 14.4. The Hall–Kier alpha value is -3.10. The maximum absolute atomic E-state index is 12.9. The van der Waals surface area contributed by atoms with Crippen molar-refractivity contribution in [1.82, 2.24) is 9.55 Å². The van der Waals surface area contributed by atoms with E-state index in [0.29, 0.717) is 26.6 Å². The van der Waals surface area contributed by atoms with Crippen molar-refractivity contribution >= 4 is 51.9 Å². The number of hydrogen-bond acceptors (Lipinski definition) is 6. The van der Waals surface area contributed by atoms with E-state index in [1.54, 1.807) is 37.3 Å². The fraction of sp³-hybridized carbons (Fsp3) is 0.200. The van der Waals surface area contributed by atoms with E-state index in [1.807, 2.05) is 0 Å². The van der Waals surface area contributed by atoms with Gasteiger partial charge in [-0.25, -0.2) is 14.6 Å². The largest absolute Gasteiger partial charge is 0.463 e. The Labute approximate surface area is 181 Å². The number of carbonyl (C=O) groups excluding carboxylic acids is 2. The molecule has 30 heavy (non-hydrogen) atoms. The van der Waals surface area contributed by atoms with Crippen LogP contribution < -0.4 is 10.9 Å². The molecule has 2 aromatic carbocycles. The number of nitrogens with one attached hydrogen (secondary N) is 1. The molecule has 0 atom stereocenters. The zero-order valence-electron chi connectivity index (χ0n) is 15.9. The highest BCUT2D eigenvalue weighted by Crippen LogP contribution is 2.23. The fourth-order valence-electron chi connectivity index (χ4n) is 2.67. The van der Waals surface area contributed by atoms with Gasteiger partial charge in [0, 0.05) is 5.69 Å². The van der Waals surface area contributed by atoms with E-state index in [4.69, 9.17) is 27.9 Å². The van der Waals surface area contributed by atoms with Gasteiger partial charge in [0.15, 0.2) is 6.61 Å². The molecule has 1 amide bonds. The minimum atomic E-state index is -0.845. The van der Waals surface area contributed by atoms with Gasteiger partial charge >= 0.3 is 12.1 Å². The lowest BCUT2D eigenvalue weighted by Crippen LogP contribution is -2.22. The lowest BCUT2D eigenvalue weighted by molar-refractivity contribution is -0.146. The molecule has 0 aliphatic rings. The molecule has 1 heterocycles. The minimum Gasteiger partial charge on any atom is -0.463 e. The van der Waals surface area contributed by atoms with E-state index >= 15 is 0 Å². The Morgan fingerprint density at radius 3 is 2.63 bits per heavy atom. The van der Waals surface area contributed by atoms with Crippen molar-refractivity contribution in [2.75, 3.05) is 18.5 Å². The fourth-order valence-corrected chi connectivity index (χ4v) is 2.99. The molecule has 8 nitrogen and oxygen atoms in total. The highest BCUT2D eigenvalue weighted by molar-refractivity contribution is 6.42. The first-order valence-electron chi connectivity index (χ1n) is 8.90. The number of carbonyl (C=O) groups is 2. The summed E-state index contributed by atoms with van der Waals surface area (Å²) in [4.78, 5) is 40.2. The highest BCUT2D eigenvalue weighted by Gasteiger charge is 2.11. The Morgan fingerprint density at radius 1 is 1.10 bits per heavy atom. The van der Waals surface area contributed by atoms with Crippen LogP contribution >= 0.6 is 23.2 Å². The zero-order valence-corrected chi connectivity index (χ0v) is 17.4. The van der Waals surface area contributed by atoms with Crippen LogP contribution in [0.4, 0.5) is 10.5 Å². The van der Waals surface area contributed by atoms with Crippen LogP contribution in [0.3, 0.4) is 0 Å². The van der Waals surface area contributed by atoms with Crippen molar-refractivity contribution in [2.45, 2.75) is 13.5 Å². The van der Waals surface area contributed by atoms with E-state index < -0.39 is 18.7 Å². The third-order valence-corrected chi connectivity index (χ3v) is 4.77. The summed E-state index contributed by atoms with van der Waals surface area (Å²) >= 11 is 12.0. The molecule has 0 aliphatic heterocycles. The Kier molecular flexibility index (Phi) is 6.91. The minimum absolute atomic E-state index is 0.190.